The van der Waals surface area contributed by atoms with Crippen molar-refractivity contribution in [3.8, 4) is 0 Å². The molecule has 0 saturated heterocycles. The van der Waals surface area contributed by atoms with E-state index in [1.54, 1.807) is 6.21 Å². The predicted molar refractivity (Wildman–Crippen MR) is 109 cm³/mol. The Morgan fingerprint density at radius 3 is 2.69 bits per heavy atom. The molecule has 26 heavy (non-hydrogen) atoms. The third kappa shape index (κ3) is 5.00. The Labute approximate surface area is 161 Å². The topological polar surface area (TPSA) is 69.2 Å². The minimum absolute atomic E-state index is 0.493. The van der Waals surface area contributed by atoms with Crippen LogP contribution in [-0.4, -0.2) is 35.5 Å². The number of aromatic nitrogens is 3. The van der Waals surface area contributed by atoms with Crippen molar-refractivity contribution < 1.29 is 0 Å². The van der Waals surface area contributed by atoms with Crippen LogP contribution in [0.3, 0.4) is 0 Å². The number of hydrogen-bond acceptors (Lipinski definition) is 6. The van der Waals surface area contributed by atoms with Gasteiger partial charge in [0.2, 0.25) is 11.1 Å². The first-order valence-corrected chi connectivity index (χ1v) is 9.33. The summed E-state index contributed by atoms with van der Waals surface area (Å²) in [6, 6.07) is 15.8. The number of hydrazone groups is 1. The van der Waals surface area contributed by atoms with Crippen molar-refractivity contribution in [1.82, 2.24) is 15.2 Å². The van der Waals surface area contributed by atoms with Gasteiger partial charge < -0.3 is 4.90 Å². The van der Waals surface area contributed by atoms with Crippen molar-refractivity contribution >= 4 is 41.2 Å². The van der Waals surface area contributed by atoms with Gasteiger partial charge in [-0.1, -0.05) is 53.7 Å². The lowest BCUT2D eigenvalue weighted by atomic mass is 10.2. The van der Waals surface area contributed by atoms with Gasteiger partial charge in [0, 0.05) is 30.6 Å². The molecule has 2 N–H and O–H groups in total. The molecule has 0 spiro atoms. The second-order valence-corrected chi connectivity index (χ2v) is 7.05. The molecule has 3 rings (SSSR count). The van der Waals surface area contributed by atoms with Crippen LogP contribution in [0.15, 0.2) is 58.8 Å². The van der Waals surface area contributed by atoms with Gasteiger partial charge in [-0.2, -0.15) is 10.1 Å². The number of nitrogens with zero attached hydrogens (tertiary/aromatic N) is 4. The molecule has 1 aromatic heterocycles. The van der Waals surface area contributed by atoms with Crippen molar-refractivity contribution in [2.75, 3.05) is 24.4 Å². The monoisotopic (exact) mass is 386 g/mol. The molecule has 0 unspecified atom stereocenters. The van der Waals surface area contributed by atoms with Gasteiger partial charge in [-0.05, 0) is 29.3 Å². The molecule has 134 valence electrons. The molecule has 0 aliphatic heterocycles. The maximum Gasteiger partial charge on any atom is 0.240 e. The summed E-state index contributed by atoms with van der Waals surface area (Å²) in [6.45, 7) is 0. The molecule has 3 aromatic rings. The molecule has 8 heteroatoms. The van der Waals surface area contributed by atoms with Crippen LogP contribution in [0.25, 0.3) is 0 Å². The lowest BCUT2D eigenvalue weighted by Gasteiger charge is -2.11. The van der Waals surface area contributed by atoms with Gasteiger partial charge in [0.25, 0.3) is 0 Å². The van der Waals surface area contributed by atoms with Crippen LogP contribution in [0, 0.1) is 0 Å². The van der Waals surface area contributed by atoms with E-state index in [1.807, 2.05) is 62.6 Å². The smallest absolute Gasteiger partial charge is 0.240 e. The van der Waals surface area contributed by atoms with Crippen LogP contribution in [0.4, 0.5) is 11.6 Å². The Bertz CT molecular complexity index is 875. The van der Waals surface area contributed by atoms with Crippen LogP contribution in [0.1, 0.15) is 11.1 Å². The lowest BCUT2D eigenvalue weighted by molar-refractivity contribution is 0.972. The van der Waals surface area contributed by atoms with Crippen molar-refractivity contribution in [2.45, 2.75) is 10.9 Å². The largest absolute Gasteiger partial charge is 0.378 e. The number of nitrogens with one attached hydrogen (secondary N) is 2. The molecule has 0 radical (unpaired) electrons. The Kier molecular flexibility index (Phi) is 6.14. The molecule has 6 nitrogen and oxygen atoms in total. The molecule has 0 fully saturated rings. The van der Waals surface area contributed by atoms with Crippen LogP contribution >= 0.6 is 23.4 Å². The van der Waals surface area contributed by atoms with Gasteiger partial charge in [-0.15, -0.1) is 5.10 Å². The van der Waals surface area contributed by atoms with Gasteiger partial charge in [-0.25, -0.2) is 10.5 Å². The average Bonchev–Trinajstić information content (AvgIpc) is 3.09. The van der Waals surface area contributed by atoms with Crippen molar-refractivity contribution in [3.05, 3.63) is 64.7 Å². The SMILES string of the molecule is CN(C)c1ccc(/C=N\Nc2nc(SCc3ccccc3Cl)n[nH]2)cc1. The van der Waals surface area contributed by atoms with E-state index in [9.17, 15) is 0 Å². The van der Waals surface area contributed by atoms with Crippen molar-refractivity contribution in [1.29, 1.82) is 0 Å². The van der Waals surface area contributed by atoms with E-state index in [2.05, 4.69) is 30.6 Å². The number of aromatic amines is 1. The van der Waals surface area contributed by atoms with Crippen molar-refractivity contribution in [3.63, 3.8) is 0 Å². The average molecular weight is 387 g/mol. The van der Waals surface area contributed by atoms with E-state index in [4.69, 9.17) is 11.6 Å². The fourth-order valence-corrected chi connectivity index (χ4v) is 3.23. The maximum atomic E-state index is 6.15. The molecule has 2 aromatic carbocycles. The fourth-order valence-electron chi connectivity index (χ4n) is 2.15. The highest BCUT2D eigenvalue weighted by molar-refractivity contribution is 7.98. The van der Waals surface area contributed by atoms with Crippen LogP contribution in [-0.2, 0) is 5.75 Å². The molecule has 0 aliphatic carbocycles. The number of anilines is 2. The first-order valence-electron chi connectivity index (χ1n) is 7.97. The van der Waals surface area contributed by atoms with E-state index >= 15 is 0 Å². The standard InChI is InChI=1S/C18H19ClN6S/c1-25(2)15-9-7-13(8-10-15)11-20-22-17-21-18(24-23-17)26-12-14-5-3-4-6-16(14)19/h3-11H,12H2,1-2H3,(H2,21,22,23,24)/b20-11-. The maximum absolute atomic E-state index is 6.15. The number of benzene rings is 2. The third-order valence-electron chi connectivity index (χ3n) is 3.57. The molecule has 0 aliphatic rings. The fraction of sp³-hybridized carbons (Fsp3) is 0.167. The molecule has 0 amide bonds. The van der Waals surface area contributed by atoms with Crippen LogP contribution in [0.2, 0.25) is 5.02 Å². The van der Waals surface area contributed by atoms with Gasteiger partial charge >= 0.3 is 0 Å². The zero-order valence-corrected chi connectivity index (χ0v) is 16.1. The summed E-state index contributed by atoms with van der Waals surface area (Å²) in [5.41, 5.74) is 6.04. The highest BCUT2D eigenvalue weighted by Crippen LogP contribution is 2.24. The van der Waals surface area contributed by atoms with Gasteiger partial charge in [0.15, 0.2) is 0 Å². The molecule has 0 bridgehead atoms. The highest BCUT2D eigenvalue weighted by atomic mass is 35.5. The Morgan fingerprint density at radius 1 is 1.19 bits per heavy atom. The molecule has 1 heterocycles. The second-order valence-electron chi connectivity index (χ2n) is 5.70. The first kappa shape index (κ1) is 18.3. The second kappa shape index (κ2) is 8.73. The zero-order chi connectivity index (χ0) is 18.4. The van der Waals surface area contributed by atoms with E-state index in [0.717, 1.165) is 21.8 Å². The molecule has 0 atom stereocenters. The summed E-state index contributed by atoms with van der Waals surface area (Å²) in [4.78, 5) is 6.40. The summed E-state index contributed by atoms with van der Waals surface area (Å²) >= 11 is 7.66. The Hall–Kier alpha value is -2.51. The summed E-state index contributed by atoms with van der Waals surface area (Å²) < 4.78 is 0. The number of rotatable bonds is 7. The lowest BCUT2D eigenvalue weighted by Crippen LogP contribution is -2.08. The summed E-state index contributed by atoms with van der Waals surface area (Å²) in [6.07, 6.45) is 1.73. The highest BCUT2D eigenvalue weighted by Gasteiger charge is 2.05. The number of H-pyrrole nitrogens is 1. The Morgan fingerprint density at radius 2 is 1.96 bits per heavy atom. The molecular weight excluding hydrogens is 368 g/mol. The summed E-state index contributed by atoms with van der Waals surface area (Å²) in [5, 5.41) is 12.5. The van der Waals surface area contributed by atoms with Gasteiger partial charge in [0.05, 0.1) is 6.21 Å². The van der Waals surface area contributed by atoms with E-state index < -0.39 is 0 Å². The summed E-state index contributed by atoms with van der Waals surface area (Å²) in [7, 11) is 4.02. The van der Waals surface area contributed by atoms with E-state index in [-0.39, 0.29) is 0 Å². The van der Waals surface area contributed by atoms with Crippen LogP contribution < -0.4 is 10.3 Å². The van der Waals surface area contributed by atoms with E-state index in [0.29, 0.717) is 16.9 Å². The summed E-state index contributed by atoms with van der Waals surface area (Å²) in [5.74, 6) is 1.20. The molecule has 0 saturated carbocycles. The number of halogens is 1. The van der Waals surface area contributed by atoms with Crippen LogP contribution in [0.5, 0.6) is 0 Å². The van der Waals surface area contributed by atoms with Crippen molar-refractivity contribution in [2.24, 2.45) is 5.10 Å². The van der Waals surface area contributed by atoms with E-state index in [1.165, 1.54) is 11.8 Å². The normalized spacial score (nSPS) is 11.0. The number of hydrogen-bond donors (Lipinski definition) is 2. The predicted octanol–water partition coefficient (Wildman–Crippen LogP) is 4.26. The van der Waals surface area contributed by atoms with Gasteiger partial charge in [-0.3, -0.25) is 0 Å². The number of thioether (sulfide) groups is 1. The quantitative estimate of drug-likeness (QED) is 0.360. The third-order valence-corrected chi connectivity index (χ3v) is 4.84. The molecular formula is C18H19ClN6S. The first-order chi connectivity index (χ1) is 12.6. The minimum atomic E-state index is 0.493. The minimum Gasteiger partial charge on any atom is -0.378 e. The zero-order valence-electron chi connectivity index (χ0n) is 14.5. The van der Waals surface area contributed by atoms with Gasteiger partial charge in [0.1, 0.15) is 0 Å². The Balaban J connectivity index is 1.52.